The van der Waals surface area contributed by atoms with Gasteiger partial charge in [-0.25, -0.2) is 0 Å². The average molecular weight is 1090 g/mol. The molecular formula is C71H139NO5. The summed E-state index contributed by atoms with van der Waals surface area (Å²) in [5.41, 5.74) is 0. The number of unbranched alkanes of at least 4 members (excludes halogenated alkanes) is 54. The highest BCUT2D eigenvalue weighted by Crippen LogP contribution is 2.19. The van der Waals surface area contributed by atoms with Crippen molar-refractivity contribution in [2.45, 2.75) is 418 Å². The van der Waals surface area contributed by atoms with Gasteiger partial charge in [-0.3, -0.25) is 9.59 Å². The number of rotatable bonds is 67. The van der Waals surface area contributed by atoms with Crippen LogP contribution in [0.25, 0.3) is 0 Å². The average Bonchev–Trinajstić information content (AvgIpc) is 3.43. The van der Waals surface area contributed by atoms with E-state index in [0.717, 1.165) is 44.9 Å². The highest BCUT2D eigenvalue weighted by Gasteiger charge is 2.20. The van der Waals surface area contributed by atoms with Crippen LogP contribution in [-0.2, 0) is 14.3 Å². The summed E-state index contributed by atoms with van der Waals surface area (Å²) < 4.78 is 5.47. The van der Waals surface area contributed by atoms with Crippen molar-refractivity contribution in [1.82, 2.24) is 5.32 Å². The standard InChI is InChI=1S/C71H139NO5/c1-3-5-7-9-11-13-15-16-17-18-34-37-40-44-47-51-55-59-63-69(74)68(67-73)72-70(75)64-60-56-52-48-45-41-38-35-32-30-28-26-24-22-20-19-21-23-25-27-29-31-33-36-39-42-46-50-54-58-62-66-77-71(76)65-61-57-53-49-43-14-12-10-8-6-4-2/h10,12,68-69,73-74H,3-9,11,13-67H2,1-2H3,(H,72,75)/b12-10-. The maximum atomic E-state index is 12.5. The topological polar surface area (TPSA) is 95.9 Å². The smallest absolute Gasteiger partial charge is 0.305 e. The Morgan fingerprint density at radius 1 is 0.351 bits per heavy atom. The predicted molar refractivity (Wildman–Crippen MR) is 338 cm³/mol. The molecule has 0 rings (SSSR count). The maximum absolute atomic E-state index is 12.5. The zero-order chi connectivity index (χ0) is 55.7. The van der Waals surface area contributed by atoms with Crippen LogP contribution in [0.3, 0.4) is 0 Å². The summed E-state index contributed by atoms with van der Waals surface area (Å²) in [6.45, 7) is 4.96. The van der Waals surface area contributed by atoms with Crippen LogP contribution < -0.4 is 5.32 Å². The second-order valence-corrected chi connectivity index (χ2v) is 24.6. The summed E-state index contributed by atoms with van der Waals surface area (Å²) in [5.74, 6) is -0.0161. The first-order valence-corrected chi connectivity index (χ1v) is 35.4. The van der Waals surface area contributed by atoms with Crippen LogP contribution in [0.2, 0.25) is 0 Å². The fraction of sp³-hybridized carbons (Fsp3) is 0.944. The third kappa shape index (κ3) is 63.6. The molecule has 0 aliphatic heterocycles. The first-order valence-electron chi connectivity index (χ1n) is 35.4. The molecule has 0 heterocycles. The maximum Gasteiger partial charge on any atom is 0.305 e. The molecule has 0 aromatic carbocycles. The zero-order valence-electron chi connectivity index (χ0n) is 52.5. The Morgan fingerprint density at radius 2 is 0.623 bits per heavy atom. The zero-order valence-corrected chi connectivity index (χ0v) is 52.5. The second kappa shape index (κ2) is 67.1. The predicted octanol–water partition coefficient (Wildman–Crippen LogP) is 22.8. The summed E-state index contributed by atoms with van der Waals surface area (Å²) in [5, 5.41) is 23.4. The van der Waals surface area contributed by atoms with Crippen LogP contribution in [0.5, 0.6) is 0 Å². The molecule has 458 valence electrons. The van der Waals surface area contributed by atoms with Crippen LogP contribution in [0.15, 0.2) is 12.2 Å². The number of carbonyl (C=O) groups is 2. The van der Waals surface area contributed by atoms with E-state index in [0.29, 0.717) is 25.9 Å². The van der Waals surface area contributed by atoms with Gasteiger partial charge < -0.3 is 20.3 Å². The van der Waals surface area contributed by atoms with Crippen molar-refractivity contribution in [2.24, 2.45) is 0 Å². The first kappa shape index (κ1) is 75.6. The molecule has 0 saturated carbocycles. The van der Waals surface area contributed by atoms with E-state index >= 15 is 0 Å². The fourth-order valence-electron chi connectivity index (χ4n) is 11.4. The summed E-state index contributed by atoms with van der Waals surface area (Å²) in [4.78, 5) is 24.5. The number of ether oxygens (including phenoxy) is 1. The molecule has 2 unspecified atom stereocenters. The molecule has 0 aromatic heterocycles. The third-order valence-electron chi connectivity index (χ3n) is 16.8. The van der Waals surface area contributed by atoms with Crippen LogP contribution in [-0.4, -0.2) is 47.4 Å². The first-order chi connectivity index (χ1) is 38.0. The Labute approximate surface area is 482 Å². The van der Waals surface area contributed by atoms with Crippen molar-refractivity contribution >= 4 is 11.9 Å². The van der Waals surface area contributed by atoms with Crippen LogP contribution in [0, 0.1) is 0 Å². The number of nitrogens with one attached hydrogen (secondary N) is 1. The van der Waals surface area contributed by atoms with Gasteiger partial charge in [-0.1, -0.05) is 360 Å². The van der Waals surface area contributed by atoms with E-state index in [4.69, 9.17) is 4.74 Å². The monoisotopic (exact) mass is 1090 g/mol. The van der Waals surface area contributed by atoms with Gasteiger partial charge in [0.1, 0.15) is 0 Å². The molecule has 0 spiro atoms. The van der Waals surface area contributed by atoms with E-state index in [1.54, 1.807) is 0 Å². The number of amides is 1. The van der Waals surface area contributed by atoms with Gasteiger partial charge >= 0.3 is 5.97 Å². The van der Waals surface area contributed by atoms with Gasteiger partial charge in [-0.2, -0.15) is 0 Å². The largest absolute Gasteiger partial charge is 0.466 e. The van der Waals surface area contributed by atoms with Crippen LogP contribution >= 0.6 is 0 Å². The quantitative estimate of drug-likeness (QED) is 0.0320. The number of esters is 1. The molecule has 77 heavy (non-hydrogen) atoms. The lowest BCUT2D eigenvalue weighted by Gasteiger charge is -2.22. The van der Waals surface area contributed by atoms with Crippen molar-refractivity contribution in [1.29, 1.82) is 0 Å². The molecule has 3 N–H and O–H groups in total. The number of aliphatic hydroxyl groups is 2. The number of hydrogen-bond donors (Lipinski definition) is 3. The SMILES string of the molecule is CCCC/C=C\CCCCCCCC(=O)OCCCCCCCCCCCCCCCCCCCCCCCCCCCCCCCCCC(=O)NC(CO)C(O)CCCCCCCCCCCCCCCCCCCC. The third-order valence-corrected chi connectivity index (χ3v) is 16.8. The molecule has 1 amide bonds. The minimum atomic E-state index is -0.661. The number of carbonyl (C=O) groups excluding carboxylic acids is 2. The fourth-order valence-corrected chi connectivity index (χ4v) is 11.4. The molecule has 2 atom stereocenters. The Bertz CT molecular complexity index is 1160. The minimum Gasteiger partial charge on any atom is -0.466 e. The van der Waals surface area contributed by atoms with E-state index in [1.807, 2.05) is 0 Å². The van der Waals surface area contributed by atoms with Crippen molar-refractivity contribution in [3.63, 3.8) is 0 Å². The molecular weight excluding hydrogens is 947 g/mol. The Hall–Kier alpha value is -1.40. The lowest BCUT2D eigenvalue weighted by atomic mass is 10.0. The van der Waals surface area contributed by atoms with E-state index in [1.165, 1.54) is 327 Å². The molecule has 0 aromatic rings. The molecule has 6 nitrogen and oxygen atoms in total. The van der Waals surface area contributed by atoms with Crippen molar-refractivity contribution in [3.05, 3.63) is 12.2 Å². The summed E-state index contributed by atoms with van der Waals surface area (Å²) in [6.07, 6.45) is 82.7. The van der Waals surface area contributed by atoms with Crippen molar-refractivity contribution in [3.8, 4) is 0 Å². The molecule has 0 bridgehead atoms. The number of hydrogen-bond acceptors (Lipinski definition) is 5. The van der Waals surface area contributed by atoms with E-state index in [9.17, 15) is 19.8 Å². The van der Waals surface area contributed by atoms with Gasteiger partial charge in [0.15, 0.2) is 0 Å². The lowest BCUT2D eigenvalue weighted by molar-refractivity contribution is -0.143. The summed E-state index contributed by atoms with van der Waals surface area (Å²) >= 11 is 0. The van der Waals surface area contributed by atoms with Crippen LogP contribution in [0.4, 0.5) is 0 Å². The van der Waals surface area contributed by atoms with E-state index < -0.39 is 12.1 Å². The van der Waals surface area contributed by atoms with Gasteiger partial charge in [0, 0.05) is 12.8 Å². The number of allylic oxidation sites excluding steroid dienone is 2. The molecule has 6 heteroatoms. The molecule has 0 fully saturated rings. The van der Waals surface area contributed by atoms with Gasteiger partial charge in [0.2, 0.25) is 5.91 Å². The lowest BCUT2D eigenvalue weighted by Crippen LogP contribution is -2.45. The highest BCUT2D eigenvalue weighted by molar-refractivity contribution is 5.76. The normalized spacial score (nSPS) is 12.5. The molecule has 0 aliphatic carbocycles. The second-order valence-electron chi connectivity index (χ2n) is 24.6. The van der Waals surface area contributed by atoms with Gasteiger partial charge in [-0.15, -0.1) is 0 Å². The van der Waals surface area contributed by atoms with Gasteiger partial charge in [-0.05, 0) is 44.9 Å². The molecule has 0 radical (unpaired) electrons. The summed E-state index contributed by atoms with van der Waals surface area (Å²) in [6, 6.07) is -0.538. The summed E-state index contributed by atoms with van der Waals surface area (Å²) in [7, 11) is 0. The Kier molecular flexibility index (Phi) is 65.9. The van der Waals surface area contributed by atoms with Crippen molar-refractivity contribution in [2.75, 3.05) is 13.2 Å². The van der Waals surface area contributed by atoms with Gasteiger partial charge in [0.25, 0.3) is 0 Å². The molecule has 0 saturated heterocycles. The van der Waals surface area contributed by atoms with E-state index in [-0.39, 0.29) is 18.5 Å². The number of aliphatic hydroxyl groups excluding tert-OH is 2. The van der Waals surface area contributed by atoms with Crippen molar-refractivity contribution < 1.29 is 24.5 Å². The van der Waals surface area contributed by atoms with Gasteiger partial charge in [0.05, 0.1) is 25.4 Å². The van der Waals surface area contributed by atoms with E-state index in [2.05, 4.69) is 31.3 Å². The van der Waals surface area contributed by atoms with Crippen LogP contribution in [0.1, 0.15) is 406 Å². The Balaban J connectivity index is 3.33. The molecule has 0 aliphatic rings. The minimum absolute atomic E-state index is 0.0103. The Morgan fingerprint density at radius 3 is 0.961 bits per heavy atom. The highest BCUT2D eigenvalue weighted by atomic mass is 16.5.